The molecule has 9 nitrogen and oxygen atoms in total. The summed E-state index contributed by atoms with van der Waals surface area (Å²) in [5.74, 6) is 2.25. The normalized spacial score (nSPS) is 11.1. The number of aromatic nitrogens is 4. The molecule has 166 valence electrons. The quantitative estimate of drug-likeness (QED) is 0.206. The highest BCUT2D eigenvalue weighted by Crippen LogP contribution is 2.19. The maximum Gasteiger partial charge on any atom is 0.276 e. The fourth-order valence-electron chi connectivity index (χ4n) is 2.85. The van der Waals surface area contributed by atoms with Crippen molar-refractivity contribution in [1.29, 1.82) is 0 Å². The van der Waals surface area contributed by atoms with E-state index in [9.17, 15) is 0 Å². The Morgan fingerprint density at radius 2 is 1.88 bits per heavy atom. The van der Waals surface area contributed by atoms with E-state index in [2.05, 4.69) is 35.7 Å². The summed E-state index contributed by atoms with van der Waals surface area (Å²) in [5.41, 5.74) is 3.59. The summed E-state index contributed by atoms with van der Waals surface area (Å²) in [5, 5.41) is 10.4. The number of hydrogen-bond acceptors (Lipinski definition) is 7. The van der Waals surface area contributed by atoms with E-state index < -0.39 is 0 Å². The first-order chi connectivity index (χ1) is 15.2. The molecule has 0 spiro atoms. The van der Waals surface area contributed by atoms with Crippen LogP contribution in [-0.4, -0.2) is 39.7 Å². The number of halogens is 1. The Hall–Kier alpha value is -3.28. The van der Waals surface area contributed by atoms with Crippen molar-refractivity contribution >= 4 is 29.9 Å². The van der Waals surface area contributed by atoms with E-state index in [1.54, 1.807) is 19.5 Å². The highest BCUT2D eigenvalue weighted by atomic mass is 127. The smallest absolute Gasteiger partial charge is 0.276 e. The Kier molecular flexibility index (Phi) is 8.31. The molecule has 0 atom stereocenters. The van der Waals surface area contributed by atoms with Gasteiger partial charge in [0.1, 0.15) is 12.0 Å². The average molecular weight is 545 g/mol. The van der Waals surface area contributed by atoms with Crippen LogP contribution in [0.15, 0.2) is 68.9 Å². The van der Waals surface area contributed by atoms with Crippen LogP contribution in [0.2, 0.25) is 0 Å². The van der Waals surface area contributed by atoms with Gasteiger partial charge < -0.3 is 19.6 Å². The first kappa shape index (κ1) is 23.4. The van der Waals surface area contributed by atoms with Crippen molar-refractivity contribution in [3.05, 3.63) is 72.0 Å². The molecule has 2 N–H and O–H groups in total. The number of nitrogens with one attached hydrogen (secondary N) is 2. The van der Waals surface area contributed by atoms with Crippen molar-refractivity contribution in [2.75, 3.05) is 13.6 Å². The molecule has 0 bridgehead atoms. The predicted molar refractivity (Wildman–Crippen MR) is 132 cm³/mol. The molecule has 0 aliphatic heterocycles. The van der Waals surface area contributed by atoms with Crippen LogP contribution in [0.3, 0.4) is 0 Å². The van der Waals surface area contributed by atoms with E-state index in [1.807, 2.05) is 49.4 Å². The summed E-state index contributed by atoms with van der Waals surface area (Å²) >= 11 is 0. The number of rotatable bonds is 7. The maximum absolute atomic E-state index is 5.59. The minimum atomic E-state index is 0. The topological polar surface area (TPSA) is 114 Å². The molecular weight excluding hydrogens is 521 g/mol. The zero-order chi connectivity index (χ0) is 21.5. The number of oxazole rings is 1. The lowest BCUT2D eigenvalue weighted by Crippen LogP contribution is -2.38. The van der Waals surface area contributed by atoms with Gasteiger partial charge in [-0.25, -0.2) is 4.98 Å². The van der Waals surface area contributed by atoms with Crippen molar-refractivity contribution in [1.82, 2.24) is 30.7 Å². The van der Waals surface area contributed by atoms with Crippen LogP contribution in [-0.2, 0) is 13.0 Å². The number of aliphatic imine (C=N–C) groups is 1. The Labute approximate surface area is 202 Å². The minimum Gasteiger partial charge on any atom is -0.444 e. The molecule has 32 heavy (non-hydrogen) atoms. The second-order valence-electron chi connectivity index (χ2n) is 6.84. The van der Waals surface area contributed by atoms with Crippen LogP contribution in [0, 0.1) is 6.92 Å². The van der Waals surface area contributed by atoms with Gasteiger partial charge in [0.15, 0.2) is 11.8 Å². The van der Waals surface area contributed by atoms with Gasteiger partial charge >= 0.3 is 0 Å². The fourth-order valence-corrected chi connectivity index (χ4v) is 2.85. The summed E-state index contributed by atoms with van der Waals surface area (Å²) in [4.78, 5) is 17.3. The highest BCUT2D eigenvalue weighted by molar-refractivity contribution is 14.0. The first-order valence-corrected chi connectivity index (χ1v) is 9.91. The van der Waals surface area contributed by atoms with E-state index in [-0.39, 0.29) is 24.0 Å². The second kappa shape index (κ2) is 11.4. The van der Waals surface area contributed by atoms with E-state index >= 15 is 0 Å². The van der Waals surface area contributed by atoms with Gasteiger partial charge in [-0.15, -0.1) is 24.0 Å². The second-order valence-corrected chi connectivity index (χ2v) is 6.84. The van der Waals surface area contributed by atoms with Gasteiger partial charge in [-0.1, -0.05) is 28.9 Å². The number of nitrogens with zero attached hydrogens (tertiary/aromatic N) is 5. The molecule has 4 rings (SSSR count). The number of benzene rings is 1. The summed E-state index contributed by atoms with van der Waals surface area (Å²) in [6, 6.07) is 13.6. The van der Waals surface area contributed by atoms with Crippen LogP contribution in [0.1, 0.15) is 17.1 Å². The zero-order valence-electron chi connectivity index (χ0n) is 17.8. The Balaban J connectivity index is 0.00000289. The van der Waals surface area contributed by atoms with Crippen molar-refractivity contribution in [3.8, 4) is 23.0 Å². The van der Waals surface area contributed by atoms with Gasteiger partial charge in [-0.3, -0.25) is 9.98 Å². The molecule has 1 aromatic carbocycles. The molecule has 0 radical (unpaired) electrons. The lowest BCUT2D eigenvalue weighted by atomic mass is 10.1. The number of pyridine rings is 1. The first-order valence-electron chi connectivity index (χ1n) is 9.91. The van der Waals surface area contributed by atoms with Crippen molar-refractivity contribution in [2.45, 2.75) is 19.9 Å². The Morgan fingerprint density at radius 3 is 2.62 bits per heavy atom. The lowest BCUT2D eigenvalue weighted by Gasteiger charge is -2.09. The number of guanidine groups is 1. The van der Waals surface area contributed by atoms with Crippen molar-refractivity contribution < 1.29 is 8.94 Å². The van der Waals surface area contributed by atoms with E-state index in [0.717, 1.165) is 11.3 Å². The summed E-state index contributed by atoms with van der Waals surface area (Å²) < 4.78 is 10.9. The number of hydrogen-bond donors (Lipinski definition) is 2. The molecule has 0 aliphatic rings. The van der Waals surface area contributed by atoms with Crippen LogP contribution < -0.4 is 10.6 Å². The van der Waals surface area contributed by atoms with Gasteiger partial charge in [0, 0.05) is 31.8 Å². The predicted octanol–water partition coefficient (Wildman–Crippen LogP) is 3.62. The van der Waals surface area contributed by atoms with Gasteiger partial charge in [-0.2, -0.15) is 4.98 Å². The van der Waals surface area contributed by atoms with Crippen molar-refractivity contribution in [3.63, 3.8) is 0 Å². The van der Waals surface area contributed by atoms with E-state index in [1.165, 1.54) is 5.56 Å². The maximum atomic E-state index is 5.59. The van der Waals surface area contributed by atoms with Gasteiger partial charge in [0.05, 0.1) is 12.2 Å². The lowest BCUT2D eigenvalue weighted by molar-refractivity contribution is 0.421. The molecule has 0 saturated heterocycles. The molecule has 0 amide bonds. The highest BCUT2D eigenvalue weighted by Gasteiger charge is 2.10. The van der Waals surface area contributed by atoms with Crippen LogP contribution in [0.25, 0.3) is 23.0 Å². The Bertz CT molecular complexity index is 1140. The third kappa shape index (κ3) is 6.13. The Morgan fingerprint density at radius 1 is 1.03 bits per heavy atom. The molecule has 0 fully saturated rings. The van der Waals surface area contributed by atoms with Crippen LogP contribution in [0.5, 0.6) is 0 Å². The molecule has 10 heteroatoms. The van der Waals surface area contributed by atoms with Gasteiger partial charge in [0.25, 0.3) is 5.89 Å². The fraction of sp³-hybridized carbons (Fsp3) is 0.227. The van der Waals surface area contributed by atoms with Gasteiger partial charge in [0.2, 0.25) is 5.89 Å². The molecule has 3 aromatic heterocycles. The monoisotopic (exact) mass is 545 g/mol. The minimum absolute atomic E-state index is 0. The largest absolute Gasteiger partial charge is 0.444 e. The summed E-state index contributed by atoms with van der Waals surface area (Å²) in [6.45, 7) is 3.13. The molecule has 0 saturated carbocycles. The standard InChI is InChI=1S/C22H23N7O2.HI/c1-15-6-8-16(9-7-15)20-27-17(14-30-20)13-26-22(23-2)25-12-10-19-28-21(31-29-19)18-5-3-4-11-24-18;/h3-9,11,14H,10,12-13H2,1-2H3,(H2,23,25,26);1H. The molecule has 0 aliphatic carbocycles. The van der Waals surface area contributed by atoms with E-state index in [4.69, 9.17) is 8.94 Å². The molecular formula is C22H24IN7O2. The van der Waals surface area contributed by atoms with Crippen LogP contribution >= 0.6 is 24.0 Å². The average Bonchev–Trinajstić information content (AvgIpc) is 3.47. The zero-order valence-corrected chi connectivity index (χ0v) is 20.1. The molecule has 0 unspecified atom stereocenters. The van der Waals surface area contributed by atoms with Gasteiger partial charge in [-0.05, 0) is 31.2 Å². The third-order valence-electron chi connectivity index (χ3n) is 4.50. The summed E-state index contributed by atoms with van der Waals surface area (Å²) in [7, 11) is 1.71. The molecule has 3 heterocycles. The van der Waals surface area contributed by atoms with Crippen molar-refractivity contribution in [2.24, 2.45) is 4.99 Å². The third-order valence-corrected chi connectivity index (χ3v) is 4.50. The summed E-state index contributed by atoms with van der Waals surface area (Å²) in [6.07, 6.45) is 3.92. The van der Waals surface area contributed by atoms with E-state index in [0.29, 0.717) is 48.8 Å². The number of aryl methyl sites for hydroxylation is 1. The SMILES string of the molecule is CN=C(NCCc1noc(-c2ccccn2)n1)NCc1coc(-c2ccc(C)cc2)n1.I. The molecule has 4 aromatic rings. The van der Waals surface area contributed by atoms with Crippen LogP contribution in [0.4, 0.5) is 0 Å².